The van der Waals surface area contributed by atoms with Crippen LogP contribution in [-0.4, -0.2) is 6.72 Å². The molecule has 19 heavy (non-hydrogen) atoms. The molecule has 0 fully saturated rings. The van der Waals surface area contributed by atoms with Crippen molar-refractivity contribution in [2.45, 2.75) is 6.42 Å². The van der Waals surface area contributed by atoms with E-state index in [1.165, 1.54) is 5.56 Å². The molecule has 2 aromatic rings. The molecule has 0 atom stereocenters. The van der Waals surface area contributed by atoms with Crippen molar-refractivity contribution in [1.82, 2.24) is 0 Å². The molecule has 0 aliphatic heterocycles. The molecule has 2 rings (SSSR count). The third-order valence-electron chi connectivity index (χ3n) is 2.47. The number of rotatable bonds is 3. The molecule has 0 amide bonds. The molecule has 0 saturated carbocycles. The van der Waals surface area contributed by atoms with Gasteiger partial charge in [-0.2, -0.15) is 0 Å². The Bertz CT molecular complexity index is 481. The van der Waals surface area contributed by atoms with Gasteiger partial charge < -0.3 is 11.1 Å². The van der Waals surface area contributed by atoms with Gasteiger partial charge in [0.2, 0.25) is 0 Å². The molecule has 0 spiro atoms. The quantitative estimate of drug-likeness (QED) is 0.742. The number of nitrogens with zero attached hydrogens (tertiary/aromatic N) is 1. The van der Waals surface area contributed by atoms with Crippen LogP contribution in [0.5, 0.6) is 0 Å². The van der Waals surface area contributed by atoms with Crippen LogP contribution in [-0.2, 0) is 39.1 Å². The maximum Gasteiger partial charge on any atom is 0 e. The van der Waals surface area contributed by atoms with Crippen molar-refractivity contribution in [2.24, 2.45) is 0 Å². The van der Waals surface area contributed by atoms with Crippen molar-refractivity contribution in [3.63, 3.8) is 0 Å². The number of allylic oxidation sites excluding steroid dienone is 1. The van der Waals surface area contributed by atoms with Gasteiger partial charge in [0.25, 0.3) is 0 Å². The Morgan fingerprint density at radius 1 is 0.947 bits per heavy atom. The zero-order valence-electron chi connectivity index (χ0n) is 10.8. The molecule has 0 aliphatic rings. The second kappa shape index (κ2) is 10.7. The van der Waals surface area contributed by atoms with Crippen LogP contribution in [0, 0.1) is 0 Å². The van der Waals surface area contributed by atoms with Gasteiger partial charge in [0, 0.05) is 32.7 Å². The fraction of sp³-hybridized carbons (Fsp3) is 0.0625. The Balaban J connectivity index is 0.00000103. The van der Waals surface area contributed by atoms with Gasteiger partial charge in [0.15, 0.2) is 0 Å². The van der Waals surface area contributed by atoms with Crippen LogP contribution in [0.3, 0.4) is 0 Å². The van der Waals surface area contributed by atoms with E-state index >= 15 is 0 Å². The Hall–Kier alpha value is -1.25. The average Bonchev–Trinajstić information content (AvgIpc) is 2.49. The molecular formula is C16H16N2Y-2. The molecule has 0 saturated heterocycles. The summed E-state index contributed by atoms with van der Waals surface area (Å²) in [5.74, 6) is 0. The molecule has 1 N–H and O–H groups in total. The van der Waals surface area contributed by atoms with E-state index in [1.807, 2.05) is 54.6 Å². The predicted molar refractivity (Wildman–Crippen MR) is 79.4 cm³/mol. The molecule has 0 bridgehead atoms. The third kappa shape index (κ3) is 6.46. The monoisotopic (exact) mass is 325 g/mol. The Morgan fingerprint density at radius 2 is 1.42 bits per heavy atom. The van der Waals surface area contributed by atoms with E-state index < -0.39 is 0 Å². The van der Waals surface area contributed by atoms with Crippen molar-refractivity contribution < 1.29 is 32.7 Å². The van der Waals surface area contributed by atoms with E-state index in [-0.39, 0.29) is 32.7 Å². The molecule has 0 aliphatic carbocycles. The fourth-order valence-corrected chi connectivity index (χ4v) is 1.57. The van der Waals surface area contributed by atoms with Gasteiger partial charge in [0.05, 0.1) is 0 Å². The molecule has 95 valence electrons. The fourth-order valence-electron chi connectivity index (χ4n) is 1.57. The molecule has 3 heteroatoms. The maximum absolute atomic E-state index is 7.92. The summed E-state index contributed by atoms with van der Waals surface area (Å²) in [4.78, 5) is 0. The Kier molecular flexibility index (Phi) is 9.96. The van der Waals surface area contributed by atoms with Crippen LogP contribution in [0.25, 0.3) is 16.8 Å². The van der Waals surface area contributed by atoms with E-state index in [2.05, 4.69) is 18.9 Å². The second-order valence-corrected chi connectivity index (χ2v) is 3.67. The number of hydrogen-bond acceptors (Lipinski definition) is 0. The van der Waals surface area contributed by atoms with Crippen molar-refractivity contribution in [3.8, 4) is 0 Å². The van der Waals surface area contributed by atoms with Crippen LogP contribution in [0.4, 0.5) is 0 Å². The number of nitrogens with one attached hydrogen (secondary N) is 1. The zero-order valence-corrected chi connectivity index (χ0v) is 13.6. The molecule has 2 nitrogen and oxygen atoms in total. The first-order valence-electron chi connectivity index (χ1n) is 5.69. The zero-order chi connectivity index (χ0) is 13.2. The number of benzene rings is 2. The summed E-state index contributed by atoms with van der Waals surface area (Å²) >= 11 is 0. The van der Waals surface area contributed by atoms with E-state index in [9.17, 15) is 0 Å². The molecule has 2 aromatic carbocycles. The van der Waals surface area contributed by atoms with Gasteiger partial charge in [0.1, 0.15) is 0 Å². The maximum atomic E-state index is 7.92. The van der Waals surface area contributed by atoms with Crippen LogP contribution in [0.1, 0.15) is 11.1 Å². The standard InChI is InChI=1S/C15H14N.CH2N.Y/c16-15(14-9-5-2-6-10-14)12-11-13-7-3-1-4-8-13;1-2;/h1-10,12,16H,11H2;1H2;/q2*-1;/b15-12-;;. The third-order valence-corrected chi connectivity index (χ3v) is 2.47. The normalized spacial score (nSPS) is 9.79. The molecule has 0 aromatic heterocycles. The first-order valence-corrected chi connectivity index (χ1v) is 5.69. The summed E-state index contributed by atoms with van der Waals surface area (Å²) in [6.07, 6.45) is 2.76. The van der Waals surface area contributed by atoms with E-state index in [0.717, 1.165) is 12.0 Å². The Labute approximate surface area is 140 Å². The summed E-state index contributed by atoms with van der Waals surface area (Å²) < 4.78 is 0. The SMILES string of the molecule is C=[N-].[NH-]/C(=C\Cc1ccccc1)c1ccccc1.[Y]. The average molecular weight is 325 g/mol. The van der Waals surface area contributed by atoms with Crippen LogP contribution >= 0.6 is 0 Å². The first kappa shape index (κ1) is 17.8. The molecule has 1 radical (unpaired) electrons. The van der Waals surface area contributed by atoms with Crippen molar-refractivity contribution in [2.75, 3.05) is 0 Å². The van der Waals surface area contributed by atoms with Gasteiger partial charge >= 0.3 is 0 Å². The van der Waals surface area contributed by atoms with Gasteiger partial charge in [-0.25, -0.2) is 6.72 Å². The minimum atomic E-state index is 0. The number of hydrogen-bond donors (Lipinski definition) is 0. The van der Waals surface area contributed by atoms with Gasteiger partial charge in [-0.3, -0.25) is 0 Å². The van der Waals surface area contributed by atoms with Crippen LogP contribution in [0.15, 0.2) is 66.7 Å². The van der Waals surface area contributed by atoms with Crippen LogP contribution in [0.2, 0.25) is 0 Å². The van der Waals surface area contributed by atoms with Gasteiger partial charge in [-0.05, 0) is 17.5 Å². The van der Waals surface area contributed by atoms with Crippen molar-refractivity contribution >= 4 is 12.4 Å². The minimum absolute atomic E-state index is 0. The van der Waals surface area contributed by atoms with Gasteiger partial charge in [-0.1, -0.05) is 66.7 Å². The first-order chi connectivity index (χ1) is 8.86. The second-order valence-electron chi connectivity index (χ2n) is 3.67. The van der Waals surface area contributed by atoms with Crippen molar-refractivity contribution in [3.05, 3.63) is 89.0 Å². The summed E-state index contributed by atoms with van der Waals surface area (Å²) in [6.45, 7) is 2.25. The largest absolute Gasteiger partial charge is 0.817 e. The predicted octanol–water partition coefficient (Wildman–Crippen LogP) is 4.58. The summed E-state index contributed by atoms with van der Waals surface area (Å²) in [5, 5.41) is 6.75. The summed E-state index contributed by atoms with van der Waals surface area (Å²) in [7, 11) is 0. The summed E-state index contributed by atoms with van der Waals surface area (Å²) in [5.41, 5.74) is 10.7. The minimum Gasteiger partial charge on any atom is -0.817 e. The van der Waals surface area contributed by atoms with E-state index in [0.29, 0.717) is 5.70 Å². The van der Waals surface area contributed by atoms with Gasteiger partial charge in [-0.15, -0.1) is 5.70 Å². The van der Waals surface area contributed by atoms with E-state index in [4.69, 9.17) is 11.1 Å². The Morgan fingerprint density at radius 3 is 1.95 bits per heavy atom. The molecular weight excluding hydrogens is 309 g/mol. The van der Waals surface area contributed by atoms with Crippen molar-refractivity contribution in [1.29, 1.82) is 0 Å². The summed E-state index contributed by atoms with van der Waals surface area (Å²) in [6, 6.07) is 20.0. The molecule has 0 heterocycles. The van der Waals surface area contributed by atoms with Crippen LogP contribution < -0.4 is 0 Å². The molecule has 0 unspecified atom stereocenters. The smallest absolute Gasteiger partial charge is 0 e. The topological polar surface area (TPSA) is 46.1 Å². The van der Waals surface area contributed by atoms with E-state index in [1.54, 1.807) is 0 Å².